The lowest BCUT2D eigenvalue weighted by Crippen LogP contribution is -2.62. The molecule has 1 atom stereocenters. The van der Waals surface area contributed by atoms with Gasteiger partial charge in [0, 0.05) is 36.3 Å². The van der Waals surface area contributed by atoms with Crippen LogP contribution in [-0.2, 0) is 11.3 Å². The first-order chi connectivity index (χ1) is 15.5. The number of aromatic nitrogens is 1. The lowest BCUT2D eigenvalue weighted by Gasteiger charge is -2.52. The average Bonchev–Trinajstić information content (AvgIpc) is 3.22. The molecule has 1 saturated heterocycles. The highest BCUT2D eigenvalue weighted by Crippen LogP contribution is 2.51. The maximum Gasteiger partial charge on any atom is 0.410 e. The zero-order valence-corrected chi connectivity index (χ0v) is 19.6. The Kier molecular flexibility index (Phi) is 6.12. The fraction of sp³-hybridized carbons (Fsp3) is 0.538. The van der Waals surface area contributed by atoms with Gasteiger partial charge in [-0.05, 0) is 45.6 Å². The summed E-state index contributed by atoms with van der Waals surface area (Å²) in [7, 11) is 0. The predicted molar refractivity (Wildman–Crippen MR) is 124 cm³/mol. The largest absolute Gasteiger partial charge is 0.444 e. The van der Waals surface area contributed by atoms with Crippen molar-refractivity contribution < 1.29 is 19.0 Å². The van der Waals surface area contributed by atoms with Gasteiger partial charge in [-0.1, -0.05) is 43.2 Å². The summed E-state index contributed by atoms with van der Waals surface area (Å²) in [4.78, 5) is 27.3. The predicted octanol–water partition coefficient (Wildman–Crippen LogP) is 4.59. The molecule has 1 aromatic carbocycles. The number of likely N-dealkylation sites (tertiary alicyclic amines) is 1. The third kappa shape index (κ3) is 4.69. The Morgan fingerprint density at radius 1 is 1.15 bits per heavy atom. The molecular weight excluding hydrogens is 423 g/mol. The number of carbonyl (C=O) groups excluding carboxylic acids is 1. The molecule has 4 rings (SSSR count). The number of benzene rings is 1. The highest BCUT2D eigenvalue weighted by molar-refractivity contribution is 5.68. The summed E-state index contributed by atoms with van der Waals surface area (Å²) in [5, 5.41) is 11.8. The minimum atomic E-state index is -1.22. The third-order valence-electron chi connectivity index (χ3n) is 7.08. The van der Waals surface area contributed by atoms with Gasteiger partial charge in [-0.25, -0.2) is 9.18 Å². The van der Waals surface area contributed by atoms with E-state index < -0.39 is 22.4 Å². The van der Waals surface area contributed by atoms with E-state index >= 15 is 0 Å². The summed E-state index contributed by atoms with van der Waals surface area (Å²) in [6, 6.07) is 10.2. The second-order valence-electron chi connectivity index (χ2n) is 10.5. The lowest BCUT2D eigenvalue weighted by atomic mass is 9.66. The van der Waals surface area contributed by atoms with Gasteiger partial charge < -0.3 is 19.3 Å². The molecule has 1 aromatic heterocycles. The molecule has 2 aromatic rings. The molecule has 178 valence electrons. The lowest BCUT2D eigenvalue weighted by molar-refractivity contribution is -0.140. The number of ether oxygens (including phenoxy) is 1. The zero-order chi connectivity index (χ0) is 23.9. The summed E-state index contributed by atoms with van der Waals surface area (Å²) < 4.78 is 21.8. The van der Waals surface area contributed by atoms with Crippen molar-refractivity contribution in [2.45, 2.75) is 70.6 Å². The molecule has 1 amide bonds. The van der Waals surface area contributed by atoms with Gasteiger partial charge in [-0.3, -0.25) is 4.79 Å². The van der Waals surface area contributed by atoms with Crippen molar-refractivity contribution in [3.63, 3.8) is 0 Å². The van der Waals surface area contributed by atoms with Crippen molar-refractivity contribution in [2.24, 2.45) is 5.41 Å². The summed E-state index contributed by atoms with van der Waals surface area (Å²) in [6.07, 6.45) is 4.52. The molecule has 0 radical (unpaired) electrons. The quantitative estimate of drug-likeness (QED) is 0.734. The Labute approximate surface area is 194 Å². The van der Waals surface area contributed by atoms with Gasteiger partial charge >= 0.3 is 6.09 Å². The number of piperidine rings is 1. The Morgan fingerprint density at radius 3 is 2.45 bits per heavy atom. The van der Waals surface area contributed by atoms with Gasteiger partial charge in [0.05, 0.1) is 12.1 Å². The number of hydrogen-bond donors (Lipinski definition) is 1. The van der Waals surface area contributed by atoms with Crippen molar-refractivity contribution in [1.29, 1.82) is 0 Å². The van der Waals surface area contributed by atoms with E-state index in [9.17, 15) is 19.1 Å². The van der Waals surface area contributed by atoms with Crippen LogP contribution in [0.4, 0.5) is 9.18 Å². The Bertz CT molecular complexity index is 1070. The second kappa shape index (κ2) is 8.60. The summed E-state index contributed by atoms with van der Waals surface area (Å²) in [5.41, 5.74) is -1.83. The van der Waals surface area contributed by atoms with E-state index in [-0.39, 0.29) is 23.8 Å². The van der Waals surface area contributed by atoms with Crippen LogP contribution in [0.15, 0.2) is 47.4 Å². The van der Waals surface area contributed by atoms with Crippen LogP contribution in [0.2, 0.25) is 0 Å². The first kappa shape index (κ1) is 23.5. The van der Waals surface area contributed by atoms with Crippen LogP contribution in [0.5, 0.6) is 0 Å². The fourth-order valence-electron chi connectivity index (χ4n) is 5.37. The summed E-state index contributed by atoms with van der Waals surface area (Å²) >= 11 is 0. The van der Waals surface area contributed by atoms with Crippen LogP contribution >= 0.6 is 0 Å². The first-order valence-corrected chi connectivity index (χ1v) is 11.7. The number of carbonyl (C=O) groups is 1. The fourth-order valence-corrected chi connectivity index (χ4v) is 5.37. The third-order valence-corrected chi connectivity index (χ3v) is 7.08. The van der Waals surface area contributed by atoms with Gasteiger partial charge in [0.1, 0.15) is 11.4 Å². The molecule has 1 N–H and O–H groups in total. The van der Waals surface area contributed by atoms with E-state index in [1.807, 2.05) is 26.8 Å². The zero-order valence-electron chi connectivity index (χ0n) is 19.6. The molecule has 2 fully saturated rings. The molecule has 2 heterocycles. The number of halogens is 1. The van der Waals surface area contributed by atoms with Crippen molar-refractivity contribution in [3.8, 4) is 11.1 Å². The molecule has 0 bridgehead atoms. The molecule has 1 spiro atoms. The van der Waals surface area contributed by atoms with E-state index in [0.717, 1.165) is 25.7 Å². The van der Waals surface area contributed by atoms with Crippen LogP contribution < -0.4 is 5.56 Å². The van der Waals surface area contributed by atoms with Gasteiger partial charge in [0.2, 0.25) is 0 Å². The van der Waals surface area contributed by atoms with Gasteiger partial charge in [-0.2, -0.15) is 0 Å². The number of hydrogen-bond acceptors (Lipinski definition) is 4. The monoisotopic (exact) mass is 456 g/mol. The van der Waals surface area contributed by atoms with Crippen LogP contribution in [-0.4, -0.2) is 45.0 Å². The molecular formula is C26H33FN2O4. The number of nitrogens with zero attached hydrogens (tertiary/aromatic N) is 2. The minimum absolute atomic E-state index is 0.0000184. The Balaban J connectivity index is 1.60. The average molecular weight is 457 g/mol. The van der Waals surface area contributed by atoms with Gasteiger partial charge in [-0.15, -0.1) is 0 Å². The van der Waals surface area contributed by atoms with Crippen LogP contribution in [0, 0.1) is 11.2 Å². The molecule has 6 nitrogen and oxygen atoms in total. The van der Waals surface area contributed by atoms with Crippen LogP contribution in [0.1, 0.15) is 52.9 Å². The van der Waals surface area contributed by atoms with E-state index in [4.69, 9.17) is 4.74 Å². The molecule has 33 heavy (non-hydrogen) atoms. The van der Waals surface area contributed by atoms with Crippen molar-refractivity contribution in [3.05, 3.63) is 58.8 Å². The second-order valence-corrected chi connectivity index (χ2v) is 10.5. The number of amides is 1. The van der Waals surface area contributed by atoms with E-state index in [1.54, 1.807) is 29.2 Å². The summed E-state index contributed by atoms with van der Waals surface area (Å²) in [5.74, 6) is -0.504. The molecule has 1 unspecified atom stereocenters. The minimum Gasteiger partial charge on any atom is -0.444 e. The smallest absolute Gasteiger partial charge is 0.410 e. The van der Waals surface area contributed by atoms with E-state index in [2.05, 4.69) is 0 Å². The van der Waals surface area contributed by atoms with Crippen molar-refractivity contribution in [1.82, 2.24) is 9.47 Å². The number of rotatable bonds is 3. The van der Waals surface area contributed by atoms with Gasteiger partial charge in [0.15, 0.2) is 0 Å². The van der Waals surface area contributed by atoms with Crippen molar-refractivity contribution in [2.75, 3.05) is 13.1 Å². The summed E-state index contributed by atoms with van der Waals surface area (Å²) in [6.45, 7) is 6.19. The standard InChI is InChI=1S/C26H33FN2O4/c1-24(2,3)33-23(31)28-14-13-26(32,25(17-28)11-7-8-12-25)18-29-16-21(27)20(15-22(29)30)19-9-5-4-6-10-19/h4-6,9-10,15-16,32H,7-8,11-14,17-18H2,1-3H3. The maximum absolute atomic E-state index is 15.0. The Hall–Kier alpha value is -2.67. The normalized spacial score (nSPS) is 22.5. The maximum atomic E-state index is 15.0. The SMILES string of the molecule is CC(C)(C)OC(=O)N1CCC(O)(Cn2cc(F)c(-c3ccccc3)cc2=O)C2(CCCC2)C1. The molecule has 1 aliphatic heterocycles. The number of pyridine rings is 1. The van der Waals surface area contributed by atoms with Gasteiger partial charge in [0.25, 0.3) is 5.56 Å². The van der Waals surface area contributed by atoms with E-state index in [0.29, 0.717) is 25.1 Å². The van der Waals surface area contributed by atoms with Crippen molar-refractivity contribution >= 4 is 6.09 Å². The molecule has 1 saturated carbocycles. The first-order valence-electron chi connectivity index (χ1n) is 11.7. The Morgan fingerprint density at radius 2 is 1.82 bits per heavy atom. The molecule has 7 heteroatoms. The van der Waals surface area contributed by atoms with E-state index in [1.165, 1.54) is 16.8 Å². The molecule has 1 aliphatic carbocycles. The molecule has 2 aliphatic rings. The van der Waals surface area contributed by atoms with Crippen LogP contribution in [0.25, 0.3) is 11.1 Å². The van der Waals surface area contributed by atoms with Crippen LogP contribution in [0.3, 0.4) is 0 Å². The highest BCUT2D eigenvalue weighted by Gasteiger charge is 2.56. The highest BCUT2D eigenvalue weighted by atomic mass is 19.1. The number of aliphatic hydroxyl groups is 1. The topological polar surface area (TPSA) is 71.8 Å².